The zero-order chi connectivity index (χ0) is 25.0. The largest absolute Gasteiger partial charge is 0.465 e. The Morgan fingerprint density at radius 2 is 1.31 bits per heavy atom. The highest BCUT2D eigenvalue weighted by molar-refractivity contribution is 7.59. The molecular weight excluding hydrogens is 497 g/mol. The highest BCUT2D eigenvalue weighted by atomic mass is 32.1. The van der Waals surface area contributed by atoms with E-state index in [1.165, 1.54) is 16.7 Å². The lowest BCUT2D eigenvalue weighted by Gasteiger charge is -2.32. The molecule has 35 heavy (non-hydrogen) atoms. The molecule has 3 atom stereocenters. The second kappa shape index (κ2) is 15.7. The predicted molar refractivity (Wildman–Crippen MR) is 163 cm³/mol. The lowest BCUT2D eigenvalue weighted by atomic mass is 9.74. The van der Waals surface area contributed by atoms with Gasteiger partial charge in [0.15, 0.2) is 0 Å². The van der Waals surface area contributed by atoms with E-state index >= 15 is 0 Å². The number of carbonyl (C=O) groups excluding carboxylic acids is 2. The third kappa shape index (κ3) is 10.0. The molecule has 0 radical (unpaired) electrons. The minimum atomic E-state index is -0.0959. The standard InChI is InChI=1S/2C14H24O2.3H2S/c2*1-9(2)13(15)16-8-12-7-10(3)11(4)14(12,5)6;;;/h9,12H,7-8H2,1-6H3;7,9,11-12H,8H2,1-6H3;3*1H2/t12-;11-,12+;;;/m10.../s1. The summed E-state index contributed by atoms with van der Waals surface area (Å²) in [5, 5.41) is 0. The van der Waals surface area contributed by atoms with Crippen molar-refractivity contribution in [3.8, 4) is 0 Å². The summed E-state index contributed by atoms with van der Waals surface area (Å²) in [5.74, 6) is 1.11. The second-order valence-corrected chi connectivity index (χ2v) is 11.7. The van der Waals surface area contributed by atoms with E-state index in [2.05, 4.69) is 61.5 Å². The van der Waals surface area contributed by atoms with Gasteiger partial charge in [-0.25, -0.2) is 0 Å². The number of hydrogen-bond acceptors (Lipinski definition) is 4. The van der Waals surface area contributed by atoms with Crippen LogP contribution in [0.25, 0.3) is 0 Å². The van der Waals surface area contributed by atoms with Gasteiger partial charge in [0.25, 0.3) is 0 Å². The van der Waals surface area contributed by atoms with Crippen LogP contribution in [0.15, 0.2) is 22.8 Å². The summed E-state index contributed by atoms with van der Waals surface area (Å²) < 4.78 is 10.7. The van der Waals surface area contributed by atoms with Crippen LogP contribution in [-0.2, 0) is 19.1 Å². The first-order valence-corrected chi connectivity index (χ1v) is 12.2. The van der Waals surface area contributed by atoms with Crippen molar-refractivity contribution in [2.75, 3.05) is 13.2 Å². The van der Waals surface area contributed by atoms with Crippen molar-refractivity contribution in [2.45, 2.75) is 89.5 Å². The van der Waals surface area contributed by atoms with Crippen LogP contribution >= 0.6 is 40.5 Å². The molecule has 0 aromatic carbocycles. The van der Waals surface area contributed by atoms with Crippen LogP contribution in [0.1, 0.15) is 89.5 Å². The quantitative estimate of drug-likeness (QED) is 0.257. The van der Waals surface area contributed by atoms with Gasteiger partial charge in [0.1, 0.15) is 0 Å². The third-order valence-corrected chi connectivity index (χ3v) is 8.17. The van der Waals surface area contributed by atoms with E-state index < -0.39 is 0 Å². The van der Waals surface area contributed by atoms with Gasteiger partial charge in [-0.15, -0.1) is 0 Å². The van der Waals surface area contributed by atoms with E-state index in [9.17, 15) is 9.59 Å². The van der Waals surface area contributed by atoms with Crippen molar-refractivity contribution < 1.29 is 19.1 Å². The van der Waals surface area contributed by atoms with Crippen molar-refractivity contribution >= 4 is 52.4 Å². The van der Waals surface area contributed by atoms with Gasteiger partial charge in [0.2, 0.25) is 0 Å². The van der Waals surface area contributed by atoms with Gasteiger partial charge < -0.3 is 9.47 Å². The van der Waals surface area contributed by atoms with Gasteiger partial charge in [-0.3, -0.25) is 9.59 Å². The number of allylic oxidation sites excluding steroid dienone is 3. The Morgan fingerprint density at radius 1 is 0.886 bits per heavy atom. The molecule has 0 aliphatic heterocycles. The second-order valence-electron chi connectivity index (χ2n) is 11.7. The number of ether oxygens (including phenoxy) is 2. The van der Waals surface area contributed by atoms with Crippen LogP contribution < -0.4 is 0 Å². The van der Waals surface area contributed by atoms with Gasteiger partial charge in [-0.1, -0.05) is 85.1 Å². The minimum Gasteiger partial charge on any atom is -0.465 e. The molecule has 0 unspecified atom stereocenters. The smallest absolute Gasteiger partial charge is 0.308 e. The lowest BCUT2D eigenvalue weighted by molar-refractivity contribution is -0.150. The van der Waals surface area contributed by atoms with Crippen LogP contribution in [-0.4, -0.2) is 25.2 Å². The predicted octanol–water partition coefficient (Wildman–Crippen LogP) is 7.33. The highest BCUT2D eigenvalue weighted by Crippen LogP contribution is 2.47. The number of esters is 2. The van der Waals surface area contributed by atoms with Crippen LogP contribution in [0.3, 0.4) is 0 Å². The molecule has 2 aliphatic carbocycles. The van der Waals surface area contributed by atoms with Gasteiger partial charge in [-0.2, -0.15) is 40.5 Å². The number of hydrogen-bond donors (Lipinski definition) is 0. The molecule has 0 heterocycles. The summed E-state index contributed by atoms with van der Waals surface area (Å²) in [5.41, 5.74) is 4.69. The summed E-state index contributed by atoms with van der Waals surface area (Å²) >= 11 is 0. The fraction of sp³-hybridized carbons (Fsp3) is 0.786. The summed E-state index contributed by atoms with van der Waals surface area (Å²) in [6.07, 6.45) is 3.32. The SMILES string of the molecule is CC1=C(C)C(C)(C)[C@@H](COC(=O)C(C)C)C1.CC1=C[C@H](COC(=O)C(C)C)C(C)(C)[C@H]1C.S.S.S. The van der Waals surface area contributed by atoms with Crippen LogP contribution in [0, 0.1) is 40.4 Å². The molecule has 0 spiro atoms. The van der Waals surface area contributed by atoms with Gasteiger partial charge >= 0.3 is 11.9 Å². The van der Waals surface area contributed by atoms with Gasteiger partial charge in [0.05, 0.1) is 25.0 Å². The van der Waals surface area contributed by atoms with E-state index in [0.29, 0.717) is 31.0 Å². The van der Waals surface area contributed by atoms with Crippen molar-refractivity contribution in [1.29, 1.82) is 0 Å². The molecule has 0 bridgehead atoms. The molecule has 0 amide bonds. The first kappa shape index (κ1) is 39.0. The average molecular weight is 551 g/mol. The molecule has 2 aliphatic rings. The van der Waals surface area contributed by atoms with Crippen LogP contribution in [0.5, 0.6) is 0 Å². The van der Waals surface area contributed by atoms with Crippen molar-refractivity contribution in [1.82, 2.24) is 0 Å². The summed E-state index contributed by atoms with van der Waals surface area (Å²) in [6.45, 7) is 26.3. The summed E-state index contributed by atoms with van der Waals surface area (Å²) in [7, 11) is 0. The fourth-order valence-corrected chi connectivity index (χ4v) is 4.44. The highest BCUT2D eigenvalue weighted by Gasteiger charge is 2.40. The molecule has 0 fully saturated rings. The zero-order valence-corrected chi connectivity index (χ0v) is 27.2. The van der Waals surface area contributed by atoms with Crippen molar-refractivity contribution in [3.05, 3.63) is 22.8 Å². The Kier molecular flexibility index (Phi) is 17.4. The third-order valence-electron chi connectivity index (χ3n) is 8.17. The summed E-state index contributed by atoms with van der Waals surface area (Å²) in [6, 6.07) is 0. The molecule has 0 N–H and O–H groups in total. The van der Waals surface area contributed by atoms with E-state index in [0.717, 1.165) is 6.42 Å². The minimum absolute atomic E-state index is 0. The Labute approximate surface area is 236 Å². The van der Waals surface area contributed by atoms with Crippen LogP contribution in [0.2, 0.25) is 0 Å². The maximum absolute atomic E-state index is 11.4. The molecule has 0 saturated heterocycles. The monoisotopic (exact) mass is 550 g/mol. The van der Waals surface area contributed by atoms with Crippen molar-refractivity contribution in [2.24, 2.45) is 40.4 Å². The van der Waals surface area contributed by atoms with E-state index in [1.54, 1.807) is 0 Å². The van der Waals surface area contributed by atoms with E-state index in [1.807, 2.05) is 27.7 Å². The topological polar surface area (TPSA) is 52.6 Å². The first-order valence-electron chi connectivity index (χ1n) is 12.2. The average Bonchev–Trinajstić information content (AvgIpc) is 3.02. The van der Waals surface area contributed by atoms with E-state index in [-0.39, 0.29) is 75.1 Å². The Balaban J connectivity index is -0.000000539. The maximum atomic E-state index is 11.4. The van der Waals surface area contributed by atoms with Gasteiger partial charge in [0, 0.05) is 11.8 Å². The zero-order valence-electron chi connectivity index (χ0n) is 24.2. The Morgan fingerprint density at radius 3 is 1.63 bits per heavy atom. The molecule has 0 saturated carbocycles. The molecule has 7 heteroatoms. The molecule has 208 valence electrons. The summed E-state index contributed by atoms with van der Waals surface area (Å²) in [4.78, 5) is 22.9. The lowest BCUT2D eigenvalue weighted by Crippen LogP contribution is -2.29. The Bertz CT molecular complexity index is 751. The van der Waals surface area contributed by atoms with Gasteiger partial charge in [-0.05, 0) is 43.9 Å². The molecule has 0 aromatic rings. The molecule has 4 nitrogen and oxygen atoms in total. The molecule has 2 rings (SSSR count). The van der Waals surface area contributed by atoms with E-state index in [4.69, 9.17) is 9.47 Å². The maximum Gasteiger partial charge on any atom is 0.308 e. The van der Waals surface area contributed by atoms with Crippen LogP contribution in [0.4, 0.5) is 0 Å². The first-order chi connectivity index (χ1) is 14.5. The normalized spacial score (nSPS) is 23.8. The number of rotatable bonds is 6. The number of carbonyl (C=O) groups is 2. The Hall–Kier alpha value is -0.530. The fourth-order valence-electron chi connectivity index (χ4n) is 4.44. The molecule has 0 aromatic heterocycles. The molecular formula is C28H54O4S3. The van der Waals surface area contributed by atoms with Crippen molar-refractivity contribution in [3.63, 3.8) is 0 Å².